The number of aromatic nitrogens is 8. The van der Waals surface area contributed by atoms with E-state index >= 15 is 0 Å². The van der Waals surface area contributed by atoms with Crippen LogP contribution in [0.1, 0.15) is 0 Å². The number of fused-ring (bicyclic) bond motifs is 33. The Morgan fingerprint density at radius 2 is 0.384 bits per heavy atom. The minimum Gasteiger partial charge on any atom is -0.456 e. The monoisotopic (exact) mass is 1850 g/mol. The number of nitrogens with zero attached hydrogens (tertiary/aromatic N) is 8. The number of hydrogen-bond acceptors (Lipinski definition) is 10. The van der Waals surface area contributed by atoms with Crippen LogP contribution in [0, 0.1) is 0 Å². The fourth-order valence-electron chi connectivity index (χ4n) is 23.3. The van der Waals surface area contributed by atoms with Crippen molar-refractivity contribution in [2.24, 2.45) is 0 Å². The van der Waals surface area contributed by atoms with Gasteiger partial charge in [-0.05, 0) is 190 Å². The summed E-state index contributed by atoms with van der Waals surface area (Å²) in [5.74, 6) is 3.65. The summed E-state index contributed by atoms with van der Waals surface area (Å²) < 4.78 is 13.6. The molecule has 0 unspecified atom stereocenters. The second-order valence-corrected chi connectivity index (χ2v) is 38.0. The summed E-state index contributed by atoms with van der Waals surface area (Å²) in [5.41, 5.74) is 18.8. The molecule has 0 atom stereocenters. The molecule has 6 heterocycles. The number of benzene rings is 25. The minimum atomic E-state index is 0.591. The maximum atomic E-state index is 6.83. The predicted octanol–water partition coefficient (Wildman–Crippen LogP) is 36.3. The molecule has 0 amide bonds. The summed E-state index contributed by atoms with van der Waals surface area (Å²) in [6, 6.07) is 168. The zero-order chi connectivity index (χ0) is 95.7. The van der Waals surface area contributed by atoms with Gasteiger partial charge in [0.15, 0.2) is 34.9 Å². The van der Waals surface area contributed by atoms with E-state index in [2.05, 4.69) is 425 Å². The number of hydrogen-bond donors (Lipinski definition) is 0. The van der Waals surface area contributed by atoms with Crippen LogP contribution < -0.4 is 0 Å². The summed E-state index contributed by atoms with van der Waals surface area (Å²) in [5, 5.41) is 37.5. The minimum absolute atomic E-state index is 0.591. The van der Waals surface area contributed by atoms with Crippen LogP contribution in [0.2, 0.25) is 0 Å². The average molecular weight is 1860 g/mol. The molecule has 0 aliphatic carbocycles. The fourth-order valence-corrected chi connectivity index (χ4v) is 23.3. The lowest BCUT2D eigenvalue weighted by atomic mass is 9.87. The van der Waals surface area contributed by atoms with E-state index in [0.29, 0.717) is 34.9 Å². The third kappa shape index (κ3) is 13.1. The van der Waals surface area contributed by atoms with Crippen molar-refractivity contribution in [2.75, 3.05) is 0 Å². The van der Waals surface area contributed by atoms with Gasteiger partial charge in [0, 0.05) is 109 Å². The Labute approximate surface area is 834 Å². The lowest BCUT2D eigenvalue weighted by molar-refractivity contribution is 0.669. The van der Waals surface area contributed by atoms with Gasteiger partial charge < -0.3 is 8.83 Å². The van der Waals surface area contributed by atoms with Crippen LogP contribution in [0.3, 0.4) is 0 Å². The lowest BCUT2D eigenvalue weighted by Crippen LogP contribution is -2.01. The first kappa shape index (κ1) is 82.2. The third-order valence-corrected chi connectivity index (χ3v) is 29.9. The van der Waals surface area contributed by atoms with Crippen LogP contribution in [-0.4, -0.2) is 39.9 Å². The van der Waals surface area contributed by atoms with E-state index in [1.165, 1.54) is 97.0 Å². The number of para-hydroxylation sites is 4. The normalized spacial score (nSPS) is 12.0. The van der Waals surface area contributed by atoms with Crippen molar-refractivity contribution in [3.8, 4) is 113 Å². The Morgan fingerprint density at radius 3 is 0.760 bits per heavy atom. The van der Waals surface area contributed by atoms with Gasteiger partial charge in [-0.25, -0.2) is 39.9 Å². The SMILES string of the molecule is c1ccc(-c2nc(-c3ccc(-c4nc5ccccc5c5c(-c6ccc7c8ccccc8c8ccccc8c7c6)c6c(cc45)oc4ccccc46)cc3)nc(-c3cc4ccccc4c4ccccc34)n2)cc1.c1ccc(-c2nc(-c3ccc(-c4nc5ccccc5c5c(-c6ccc7c8ccccc8c8ccccc8c7c6)c6c(cc45)oc4ccccc46)cc3)nc(-c3ccc4c5ccccc5c5ccccc5c4c3)n2)cc1. The largest absolute Gasteiger partial charge is 0.456 e. The van der Waals surface area contributed by atoms with Crippen LogP contribution in [0.25, 0.3) is 319 Å². The summed E-state index contributed by atoms with van der Waals surface area (Å²) in [7, 11) is 0. The van der Waals surface area contributed by atoms with Gasteiger partial charge in [0.1, 0.15) is 22.3 Å². The van der Waals surface area contributed by atoms with E-state index < -0.39 is 0 Å². The van der Waals surface area contributed by atoms with Crippen molar-refractivity contribution < 1.29 is 8.83 Å². The van der Waals surface area contributed by atoms with Crippen LogP contribution in [0.4, 0.5) is 0 Å². The van der Waals surface area contributed by atoms with Crippen LogP contribution in [0.5, 0.6) is 0 Å². The van der Waals surface area contributed by atoms with E-state index in [-0.39, 0.29) is 0 Å². The van der Waals surface area contributed by atoms with E-state index in [9.17, 15) is 0 Å². The fraction of sp³-hybridized carbons (Fsp3) is 0. The molecule has 6 aromatic heterocycles. The van der Waals surface area contributed by atoms with E-state index in [4.69, 9.17) is 48.7 Å². The highest BCUT2D eigenvalue weighted by atomic mass is 16.3. The second-order valence-electron chi connectivity index (χ2n) is 38.0. The first-order valence-corrected chi connectivity index (χ1v) is 49.5. The molecule has 0 saturated heterocycles. The molecule has 0 fully saturated rings. The number of pyridine rings is 2. The first-order valence-electron chi connectivity index (χ1n) is 49.5. The van der Waals surface area contributed by atoms with Crippen molar-refractivity contribution in [2.45, 2.75) is 0 Å². The standard InChI is InChI=1S/C70H40N4O.C66H38N4O/c1-2-16-42(17-3-1)68-72-69(74-70(73-68)45-35-37-55-51-23-7-5-19-47(51)49-21-9-11-25-53(49)59(55)39-45)43-32-30-41(31-33-43)67-60-40-63-66(57-27-13-15-29-62(57)75-63)64(65(60)56-26-12-14-28-61(56)71-67)44-34-36-54-50-22-6-4-18-46(50)48-20-8-10-24-52(48)58(54)38-44;1-2-16-40(17-3-1)64-68-65(70-66(69-64)55-36-42-18-4-5-19-44(42)45-20-6-11-25-50(45)55)41-32-30-39(31-33-41)63-56-38-59-62(53-27-13-15-29-58(53)71-59)60(61(56)52-26-12-14-28-57(52)67-63)43-34-35-51-48-23-8-7-21-46(48)47-22-9-10-24-49(47)54(51)37-43/h1-40H;1-38H. The number of furan rings is 2. The maximum Gasteiger partial charge on any atom is 0.164 e. The molecule has 31 aromatic rings. The van der Waals surface area contributed by atoms with Crippen LogP contribution in [0.15, 0.2) is 482 Å². The summed E-state index contributed by atoms with van der Waals surface area (Å²) in [6.07, 6.45) is 0. The van der Waals surface area contributed by atoms with E-state index in [0.717, 1.165) is 187 Å². The van der Waals surface area contributed by atoms with E-state index in [1.807, 2.05) is 48.5 Å². The molecule has 31 rings (SSSR count). The predicted molar refractivity (Wildman–Crippen MR) is 607 cm³/mol. The Balaban J connectivity index is 0.000000136. The summed E-state index contributed by atoms with van der Waals surface area (Å²) >= 11 is 0. The van der Waals surface area contributed by atoms with Gasteiger partial charge in [-0.3, -0.25) is 0 Å². The first-order chi connectivity index (χ1) is 72.4. The molecule has 0 radical (unpaired) electrons. The smallest absolute Gasteiger partial charge is 0.164 e. The van der Waals surface area contributed by atoms with Crippen LogP contribution >= 0.6 is 0 Å². The Hall–Kier alpha value is -19.7. The molecule has 10 nitrogen and oxygen atoms in total. The van der Waals surface area contributed by atoms with Gasteiger partial charge in [-0.2, -0.15) is 0 Å². The maximum absolute atomic E-state index is 6.83. The molecule has 25 aromatic carbocycles. The van der Waals surface area contributed by atoms with Crippen molar-refractivity contribution in [1.29, 1.82) is 0 Å². The molecule has 0 N–H and O–H groups in total. The van der Waals surface area contributed by atoms with Gasteiger partial charge in [-0.1, -0.05) is 413 Å². The highest BCUT2D eigenvalue weighted by Crippen LogP contribution is 2.53. The zero-order valence-electron chi connectivity index (χ0n) is 78.4. The van der Waals surface area contributed by atoms with Crippen molar-refractivity contribution in [1.82, 2.24) is 39.9 Å². The molecular formula is C136H78N8O2. The highest BCUT2D eigenvalue weighted by molar-refractivity contribution is 6.34. The summed E-state index contributed by atoms with van der Waals surface area (Å²) in [4.78, 5) is 42.1. The molecule has 674 valence electrons. The second kappa shape index (κ2) is 33.0. The molecule has 0 aliphatic rings. The Bertz CT molecular complexity index is 10900. The van der Waals surface area contributed by atoms with Gasteiger partial charge >= 0.3 is 0 Å². The van der Waals surface area contributed by atoms with Crippen LogP contribution in [-0.2, 0) is 0 Å². The molecule has 0 aliphatic heterocycles. The molecule has 0 bridgehead atoms. The van der Waals surface area contributed by atoms with Crippen molar-refractivity contribution in [3.63, 3.8) is 0 Å². The molecule has 10 heteroatoms. The highest BCUT2D eigenvalue weighted by Gasteiger charge is 2.29. The topological polar surface area (TPSA) is 129 Å². The Morgan fingerprint density at radius 1 is 0.130 bits per heavy atom. The van der Waals surface area contributed by atoms with Gasteiger partial charge in [0.05, 0.1) is 22.4 Å². The lowest BCUT2D eigenvalue weighted by Gasteiger charge is -2.17. The molecular weight excluding hydrogens is 1780 g/mol. The molecule has 0 saturated carbocycles. The van der Waals surface area contributed by atoms with Crippen molar-refractivity contribution in [3.05, 3.63) is 473 Å². The van der Waals surface area contributed by atoms with Gasteiger partial charge in [0.25, 0.3) is 0 Å². The van der Waals surface area contributed by atoms with Gasteiger partial charge in [0.2, 0.25) is 0 Å². The summed E-state index contributed by atoms with van der Waals surface area (Å²) in [6.45, 7) is 0. The molecule has 0 spiro atoms. The van der Waals surface area contributed by atoms with E-state index in [1.54, 1.807) is 0 Å². The quantitative estimate of drug-likeness (QED) is 0.122. The molecule has 146 heavy (non-hydrogen) atoms. The third-order valence-electron chi connectivity index (χ3n) is 29.9. The average Bonchev–Trinajstić information content (AvgIpc) is 1.23. The number of rotatable bonds is 10. The zero-order valence-corrected chi connectivity index (χ0v) is 78.4. The Kier molecular flexibility index (Phi) is 18.6. The van der Waals surface area contributed by atoms with Gasteiger partial charge in [-0.15, -0.1) is 0 Å². The van der Waals surface area contributed by atoms with Crippen molar-refractivity contribution >= 4 is 206 Å².